The van der Waals surface area contributed by atoms with Crippen LogP contribution in [0.1, 0.15) is 20.3 Å². The van der Waals surface area contributed by atoms with Crippen molar-refractivity contribution in [2.75, 3.05) is 26.3 Å². The van der Waals surface area contributed by atoms with Gasteiger partial charge in [0.2, 0.25) is 5.96 Å². The molecule has 1 saturated heterocycles. The van der Waals surface area contributed by atoms with E-state index in [0.717, 1.165) is 13.0 Å². The SMILES string of the molecule is CCCN=C(NN)N1CC(CO)OCC1C. The molecular weight excluding hydrogens is 208 g/mol. The van der Waals surface area contributed by atoms with E-state index in [4.69, 9.17) is 15.7 Å². The van der Waals surface area contributed by atoms with Gasteiger partial charge in [-0.1, -0.05) is 6.92 Å². The first kappa shape index (κ1) is 13.2. The Morgan fingerprint density at radius 1 is 1.69 bits per heavy atom. The number of nitrogens with two attached hydrogens (primary N) is 1. The zero-order valence-corrected chi connectivity index (χ0v) is 10.0. The summed E-state index contributed by atoms with van der Waals surface area (Å²) in [5, 5.41) is 9.08. The van der Waals surface area contributed by atoms with E-state index in [1.54, 1.807) is 0 Å². The summed E-state index contributed by atoms with van der Waals surface area (Å²) in [5.74, 6) is 6.14. The highest BCUT2D eigenvalue weighted by Crippen LogP contribution is 2.11. The van der Waals surface area contributed by atoms with Gasteiger partial charge in [-0.25, -0.2) is 5.84 Å². The molecule has 1 aliphatic heterocycles. The zero-order chi connectivity index (χ0) is 12.0. The second-order valence-electron chi connectivity index (χ2n) is 3.99. The summed E-state index contributed by atoms with van der Waals surface area (Å²) < 4.78 is 5.45. The van der Waals surface area contributed by atoms with Gasteiger partial charge < -0.3 is 14.7 Å². The van der Waals surface area contributed by atoms with Crippen LogP contribution in [0.2, 0.25) is 0 Å². The predicted molar refractivity (Wildman–Crippen MR) is 62.9 cm³/mol. The maximum atomic E-state index is 9.08. The molecule has 0 radical (unpaired) electrons. The number of rotatable bonds is 3. The number of hydrazine groups is 1. The quantitative estimate of drug-likeness (QED) is 0.258. The second kappa shape index (κ2) is 6.67. The largest absolute Gasteiger partial charge is 0.394 e. The number of aliphatic imine (C=N–C) groups is 1. The molecule has 0 aromatic rings. The smallest absolute Gasteiger partial charge is 0.208 e. The van der Waals surface area contributed by atoms with E-state index in [2.05, 4.69) is 17.3 Å². The Labute approximate surface area is 96.4 Å². The summed E-state index contributed by atoms with van der Waals surface area (Å²) in [5.41, 5.74) is 2.62. The maximum Gasteiger partial charge on any atom is 0.208 e. The van der Waals surface area contributed by atoms with Crippen LogP contribution in [0.15, 0.2) is 4.99 Å². The highest BCUT2D eigenvalue weighted by molar-refractivity contribution is 5.79. The molecule has 0 bridgehead atoms. The monoisotopic (exact) mass is 230 g/mol. The highest BCUT2D eigenvalue weighted by atomic mass is 16.5. The highest BCUT2D eigenvalue weighted by Gasteiger charge is 2.27. The van der Waals surface area contributed by atoms with Gasteiger partial charge in [-0.2, -0.15) is 0 Å². The first-order valence-corrected chi connectivity index (χ1v) is 5.73. The van der Waals surface area contributed by atoms with Crippen LogP contribution in [-0.2, 0) is 4.74 Å². The lowest BCUT2D eigenvalue weighted by Gasteiger charge is -2.38. The van der Waals surface area contributed by atoms with Crippen LogP contribution in [0, 0.1) is 0 Å². The number of hydrogen-bond acceptors (Lipinski definition) is 4. The Kier molecular flexibility index (Phi) is 5.51. The Hall–Kier alpha value is -0.850. The number of hydrogen-bond donors (Lipinski definition) is 3. The average Bonchev–Trinajstić information content (AvgIpc) is 2.32. The summed E-state index contributed by atoms with van der Waals surface area (Å²) in [7, 11) is 0. The molecule has 94 valence electrons. The maximum absolute atomic E-state index is 9.08. The van der Waals surface area contributed by atoms with Crippen molar-refractivity contribution in [3.8, 4) is 0 Å². The summed E-state index contributed by atoms with van der Waals surface area (Å²) in [6.45, 7) is 6.08. The van der Waals surface area contributed by atoms with Crippen LogP contribution >= 0.6 is 0 Å². The van der Waals surface area contributed by atoms with E-state index in [-0.39, 0.29) is 18.8 Å². The van der Waals surface area contributed by atoms with E-state index in [1.165, 1.54) is 0 Å². The third-order valence-corrected chi connectivity index (χ3v) is 2.60. The lowest BCUT2D eigenvalue weighted by atomic mass is 10.2. The third-order valence-electron chi connectivity index (χ3n) is 2.60. The minimum atomic E-state index is -0.156. The molecule has 0 amide bonds. The predicted octanol–water partition coefficient (Wildman–Crippen LogP) is -0.703. The third kappa shape index (κ3) is 3.33. The molecule has 6 heteroatoms. The van der Waals surface area contributed by atoms with E-state index in [1.807, 2.05) is 11.8 Å². The molecular formula is C10H22N4O2. The summed E-state index contributed by atoms with van der Waals surface area (Å²) in [6.07, 6.45) is 0.823. The van der Waals surface area contributed by atoms with Crippen LogP contribution in [-0.4, -0.2) is 54.4 Å². The molecule has 0 aromatic heterocycles. The van der Waals surface area contributed by atoms with Gasteiger partial charge in [-0.3, -0.25) is 10.4 Å². The summed E-state index contributed by atoms with van der Waals surface area (Å²) in [6, 6.07) is 0.217. The van der Waals surface area contributed by atoms with Gasteiger partial charge >= 0.3 is 0 Å². The van der Waals surface area contributed by atoms with Gasteiger partial charge in [0.15, 0.2) is 0 Å². The van der Waals surface area contributed by atoms with E-state index in [9.17, 15) is 0 Å². The van der Waals surface area contributed by atoms with Crippen molar-refractivity contribution in [3.63, 3.8) is 0 Å². The molecule has 2 unspecified atom stereocenters. The Morgan fingerprint density at radius 3 is 3.00 bits per heavy atom. The minimum Gasteiger partial charge on any atom is -0.394 e. The molecule has 1 rings (SSSR count). The van der Waals surface area contributed by atoms with E-state index < -0.39 is 0 Å². The summed E-state index contributed by atoms with van der Waals surface area (Å²) in [4.78, 5) is 6.41. The zero-order valence-electron chi connectivity index (χ0n) is 10.0. The standard InChI is InChI=1S/C10H22N4O2/c1-3-4-12-10(13-11)14-5-9(6-15)16-7-8(14)2/h8-9,15H,3-7,11H2,1-2H3,(H,12,13). The molecule has 0 saturated carbocycles. The second-order valence-corrected chi connectivity index (χ2v) is 3.99. The van der Waals surface area contributed by atoms with Crippen molar-refractivity contribution in [1.29, 1.82) is 0 Å². The lowest BCUT2D eigenvalue weighted by Crippen LogP contribution is -2.57. The molecule has 0 aromatic carbocycles. The van der Waals surface area contributed by atoms with Crippen LogP contribution in [0.25, 0.3) is 0 Å². The first-order valence-electron chi connectivity index (χ1n) is 5.73. The normalized spacial score (nSPS) is 27.0. The van der Waals surface area contributed by atoms with Gasteiger partial charge in [-0.05, 0) is 13.3 Å². The Balaban J connectivity index is 2.65. The fourth-order valence-electron chi connectivity index (χ4n) is 1.66. The number of morpholine rings is 1. The van der Waals surface area contributed by atoms with Crippen molar-refractivity contribution < 1.29 is 9.84 Å². The number of ether oxygens (including phenoxy) is 1. The molecule has 1 aliphatic rings. The molecule has 16 heavy (non-hydrogen) atoms. The van der Waals surface area contributed by atoms with Crippen molar-refractivity contribution in [3.05, 3.63) is 0 Å². The van der Waals surface area contributed by atoms with Gasteiger partial charge in [-0.15, -0.1) is 0 Å². The minimum absolute atomic E-state index is 0.0227. The van der Waals surface area contributed by atoms with Gasteiger partial charge in [0.1, 0.15) is 0 Å². The molecule has 0 spiro atoms. The number of guanidine groups is 1. The number of nitrogens with zero attached hydrogens (tertiary/aromatic N) is 2. The number of nitrogens with one attached hydrogen (secondary N) is 1. The molecule has 1 fully saturated rings. The van der Waals surface area contributed by atoms with E-state index in [0.29, 0.717) is 19.1 Å². The fraction of sp³-hybridized carbons (Fsp3) is 0.900. The topological polar surface area (TPSA) is 83.1 Å². The fourth-order valence-corrected chi connectivity index (χ4v) is 1.66. The number of aliphatic hydroxyl groups is 1. The van der Waals surface area contributed by atoms with Gasteiger partial charge in [0, 0.05) is 13.1 Å². The first-order chi connectivity index (χ1) is 7.72. The van der Waals surface area contributed by atoms with Crippen LogP contribution < -0.4 is 11.3 Å². The Bertz CT molecular complexity index is 235. The number of aliphatic hydroxyl groups excluding tert-OH is 1. The van der Waals surface area contributed by atoms with Gasteiger partial charge in [0.05, 0.1) is 25.4 Å². The average molecular weight is 230 g/mol. The summed E-state index contributed by atoms with van der Waals surface area (Å²) >= 11 is 0. The van der Waals surface area contributed by atoms with Crippen LogP contribution in [0.4, 0.5) is 0 Å². The van der Waals surface area contributed by atoms with Crippen LogP contribution in [0.5, 0.6) is 0 Å². The van der Waals surface area contributed by atoms with Gasteiger partial charge in [0.25, 0.3) is 0 Å². The van der Waals surface area contributed by atoms with E-state index >= 15 is 0 Å². The molecule has 1 heterocycles. The molecule has 4 N–H and O–H groups in total. The van der Waals surface area contributed by atoms with Crippen molar-refractivity contribution in [2.45, 2.75) is 32.4 Å². The lowest BCUT2D eigenvalue weighted by molar-refractivity contribution is -0.0570. The van der Waals surface area contributed by atoms with Crippen molar-refractivity contribution in [2.24, 2.45) is 10.8 Å². The van der Waals surface area contributed by atoms with Crippen LogP contribution in [0.3, 0.4) is 0 Å². The molecule has 0 aliphatic carbocycles. The molecule has 6 nitrogen and oxygen atoms in total. The van der Waals surface area contributed by atoms with Crippen molar-refractivity contribution >= 4 is 5.96 Å². The van der Waals surface area contributed by atoms with Crippen molar-refractivity contribution in [1.82, 2.24) is 10.3 Å². The molecule has 2 atom stereocenters. The Morgan fingerprint density at radius 2 is 2.44 bits per heavy atom.